The Balaban J connectivity index is 1.36. The minimum absolute atomic E-state index is 0.0209. The standard InChI is InChI=1S/C23H32N4O2/c1-29-20-11-5-7-17(13-20)15-27-12-6-10-19(16-27)25-23(28)21-14-24-26-22(21)18-8-3-2-4-9-18/h5,7,11,13-14,18-19H,2-4,6,8-10,12,15-16H2,1H3,(H,24,26)(H,25,28). The maximum atomic E-state index is 13.0. The van der Waals surface area contributed by atoms with E-state index in [1.807, 2.05) is 12.1 Å². The molecule has 1 aromatic heterocycles. The highest BCUT2D eigenvalue weighted by atomic mass is 16.5. The third-order valence-electron chi connectivity index (χ3n) is 6.31. The monoisotopic (exact) mass is 396 g/mol. The molecule has 1 unspecified atom stereocenters. The van der Waals surface area contributed by atoms with Crippen LogP contribution in [0.4, 0.5) is 0 Å². The number of H-pyrrole nitrogens is 1. The highest BCUT2D eigenvalue weighted by Crippen LogP contribution is 2.33. The molecule has 1 aromatic carbocycles. The quantitative estimate of drug-likeness (QED) is 0.778. The van der Waals surface area contributed by atoms with Crippen molar-refractivity contribution in [1.29, 1.82) is 0 Å². The van der Waals surface area contributed by atoms with Gasteiger partial charge in [0.15, 0.2) is 0 Å². The number of aromatic nitrogens is 2. The maximum Gasteiger partial charge on any atom is 0.255 e. The third-order valence-corrected chi connectivity index (χ3v) is 6.31. The van der Waals surface area contributed by atoms with Gasteiger partial charge in [0.05, 0.1) is 24.6 Å². The number of rotatable bonds is 6. The third kappa shape index (κ3) is 4.99. The van der Waals surface area contributed by atoms with Crippen LogP contribution < -0.4 is 10.1 Å². The van der Waals surface area contributed by atoms with Gasteiger partial charge in [0.25, 0.3) is 5.91 Å². The van der Waals surface area contributed by atoms with Crippen molar-refractivity contribution in [2.75, 3.05) is 20.2 Å². The minimum atomic E-state index is 0.0209. The molecular formula is C23H32N4O2. The molecule has 1 aliphatic carbocycles. The van der Waals surface area contributed by atoms with E-state index in [2.05, 4.69) is 32.5 Å². The van der Waals surface area contributed by atoms with Crippen LogP contribution in [0.25, 0.3) is 0 Å². The van der Waals surface area contributed by atoms with Crippen molar-refractivity contribution in [3.63, 3.8) is 0 Å². The summed E-state index contributed by atoms with van der Waals surface area (Å²) < 4.78 is 5.34. The van der Waals surface area contributed by atoms with Gasteiger partial charge in [-0.25, -0.2) is 0 Å². The minimum Gasteiger partial charge on any atom is -0.497 e. The zero-order valence-electron chi connectivity index (χ0n) is 17.3. The summed E-state index contributed by atoms with van der Waals surface area (Å²) in [6.45, 7) is 2.81. The van der Waals surface area contributed by atoms with E-state index < -0.39 is 0 Å². The Morgan fingerprint density at radius 3 is 2.93 bits per heavy atom. The van der Waals surface area contributed by atoms with Gasteiger partial charge < -0.3 is 10.1 Å². The molecule has 1 saturated heterocycles. The molecule has 156 valence electrons. The van der Waals surface area contributed by atoms with Gasteiger partial charge in [-0.1, -0.05) is 31.4 Å². The molecule has 2 N–H and O–H groups in total. The number of carbonyl (C=O) groups is 1. The van der Waals surface area contributed by atoms with Crippen molar-refractivity contribution in [2.45, 2.75) is 63.5 Å². The fraction of sp³-hybridized carbons (Fsp3) is 0.565. The van der Waals surface area contributed by atoms with E-state index in [9.17, 15) is 4.79 Å². The zero-order chi connectivity index (χ0) is 20.1. The molecule has 2 heterocycles. The Labute approximate surface area is 173 Å². The van der Waals surface area contributed by atoms with E-state index in [-0.39, 0.29) is 11.9 Å². The van der Waals surface area contributed by atoms with Crippen LogP contribution in [-0.4, -0.2) is 47.2 Å². The molecule has 29 heavy (non-hydrogen) atoms. The summed E-state index contributed by atoms with van der Waals surface area (Å²) in [5.41, 5.74) is 3.01. The SMILES string of the molecule is COc1cccc(CN2CCCC(NC(=O)c3cn[nH]c3C3CCCCC3)C2)c1. The number of amides is 1. The molecule has 1 saturated carbocycles. The highest BCUT2D eigenvalue weighted by molar-refractivity contribution is 5.95. The van der Waals surface area contributed by atoms with Crippen molar-refractivity contribution in [2.24, 2.45) is 0 Å². The summed E-state index contributed by atoms with van der Waals surface area (Å²) in [5, 5.41) is 10.6. The van der Waals surface area contributed by atoms with Gasteiger partial charge in [-0.15, -0.1) is 0 Å². The molecule has 4 rings (SSSR count). The molecule has 0 bridgehead atoms. The van der Waals surface area contributed by atoms with Crippen LogP contribution in [0.3, 0.4) is 0 Å². The first kappa shape index (κ1) is 20.0. The summed E-state index contributed by atoms with van der Waals surface area (Å²) in [7, 11) is 1.70. The number of carbonyl (C=O) groups excluding carboxylic acids is 1. The lowest BCUT2D eigenvalue weighted by atomic mass is 9.85. The average Bonchev–Trinajstić information content (AvgIpc) is 3.25. The molecular weight excluding hydrogens is 364 g/mol. The normalized spacial score (nSPS) is 21.1. The Morgan fingerprint density at radius 1 is 1.24 bits per heavy atom. The van der Waals surface area contributed by atoms with Gasteiger partial charge in [0.1, 0.15) is 5.75 Å². The van der Waals surface area contributed by atoms with Gasteiger partial charge in [-0.3, -0.25) is 14.8 Å². The number of benzene rings is 1. The van der Waals surface area contributed by atoms with E-state index in [4.69, 9.17) is 4.74 Å². The number of methoxy groups -OCH3 is 1. The maximum absolute atomic E-state index is 13.0. The summed E-state index contributed by atoms with van der Waals surface area (Å²) in [5.74, 6) is 1.36. The predicted molar refractivity (Wildman–Crippen MR) is 113 cm³/mol. The number of hydrogen-bond donors (Lipinski definition) is 2. The molecule has 1 aliphatic heterocycles. The van der Waals surface area contributed by atoms with Crippen LogP contribution in [0, 0.1) is 0 Å². The number of hydrogen-bond acceptors (Lipinski definition) is 4. The second-order valence-electron chi connectivity index (χ2n) is 8.43. The zero-order valence-corrected chi connectivity index (χ0v) is 17.3. The molecule has 6 heteroatoms. The first-order chi connectivity index (χ1) is 14.2. The molecule has 1 atom stereocenters. The van der Waals surface area contributed by atoms with Crippen molar-refractivity contribution in [3.05, 3.63) is 47.3 Å². The van der Waals surface area contributed by atoms with E-state index in [1.165, 1.54) is 24.8 Å². The number of piperidine rings is 1. The molecule has 2 aliphatic rings. The molecule has 1 amide bonds. The fourth-order valence-electron chi connectivity index (χ4n) is 4.79. The van der Waals surface area contributed by atoms with Crippen molar-refractivity contribution < 1.29 is 9.53 Å². The average molecular weight is 397 g/mol. The first-order valence-electron chi connectivity index (χ1n) is 10.9. The first-order valence-corrected chi connectivity index (χ1v) is 10.9. The lowest BCUT2D eigenvalue weighted by Crippen LogP contribution is -2.47. The van der Waals surface area contributed by atoms with Crippen LogP contribution in [0.2, 0.25) is 0 Å². The Morgan fingerprint density at radius 2 is 2.10 bits per heavy atom. The largest absolute Gasteiger partial charge is 0.497 e. The van der Waals surface area contributed by atoms with Crippen LogP contribution in [0.5, 0.6) is 5.75 Å². The van der Waals surface area contributed by atoms with Crippen molar-refractivity contribution in [3.8, 4) is 5.75 Å². The molecule has 2 fully saturated rings. The molecule has 2 aromatic rings. The molecule has 0 spiro atoms. The van der Waals surface area contributed by atoms with Crippen LogP contribution in [0.1, 0.15) is 72.5 Å². The molecule has 6 nitrogen and oxygen atoms in total. The van der Waals surface area contributed by atoms with Gasteiger partial charge in [-0.05, 0) is 49.9 Å². The Bertz CT molecular complexity index is 813. The predicted octanol–water partition coefficient (Wildman–Crippen LogP) is 3.86. The second-order valence-corrected chi connectivity index (χ2v) is 8.43. The van der Waals surface area contributed by atoms with Crippen molar-refractivity contribution >= 4 is 5.91 Å². The number of likely N-dealkylation sites (tertiary alicyclic amines) is 1. The van der Waals surface area contributed by atoms with E-state index >= 15 is 0 Å². The fourth-order valence-corrected chi connectivity index (χ4v) is 4.79. The van der Waals surface area contributed by atoms with Gasteiger partial charge in [0.2, 0.25) is 0 Å². The Hall–Kier alpha value is -2.34. The summed E-state index contributed by atoms with van der Waals surface area (Å²) in [6, 6.07) is 8.40. The van der Waals surface area contributed by atoms with Crippen LogP contribution in [-0.2, 0) is 6.54 Å². The van der Waals surface area contributed by atoms with Gasteiger partial charge in [0, 0.05) is 25.0 Å². The number of nitrogens with one attached hydrogen (secondary N) is 2. The topological polar surface area (TPSA) is 70.2 Å². The molecule has 0 radical (unpaired) electrons. The van der Waals surface area contributed by atoms with E-state index in [1.54, 1.807) is 13.3 Å². The van der Waals surface area contributed by atoms with E-state index in [0.29, 0.717) is 5.92 Å². The Kier molecular flexibility index (Phi) is 6.49. The van der Waals surface area contributed by atoms with Crippen LogP contribution in [0.15, 0.2) is 30.5 Å². The summed E-state index contributed by atoms with van der Waals surface area (Å²) >= 11 is 0. The lowest BCUT2D eigenvalue weighted by Gasteiger charge is -2.33. The second kappa shape index (κ2) is 9.44. The lowest BCUT2D eigenvalue weighted by molar-refractivity contribution is 0.0899. The van der Waals surface area contributed by atoms with Gasteiger partial charge >= 0.3 is 0 Å². The van der Waals surface area contributed by atoms with Crippen molar-refractivity contribution in [1.82, 2.24) is 20.4 Å². The number of nitrogens with zero attached hydrogens (tertiary/aromatic N) is 2. The summed E-state index contributed by atoms with van der Waals surface area (Å²) in [4.78, 5) is 15.4. The van der Waals surface area contributed by atoms with Gasteiger partial charge in [-0.2, -0.15) is 5.10 Å². The number of aromatic amines is 1. The number of ether oxygens (including phenoxy) is 1. The highest BCUT2D eigenvalue weighted by Gasteiger charge is 2.26. The van der Waals surface area contributed by atoms with E-state index in [0.717, 1.165) is 62.3 Å². The summed E-state index contributed by atoms with van der Waals surface area (Å²) in [6.07, 6.45) is 9.92. The smallest absolute Gasteiger partial charge is 0.255 e. The van der Waals surface area contributed by atoms with Crippen LogP contribution >= 0.6 is 0 Å².